The number of anilines is 3. The summed E-state index contributed by atoms with van der Waals surface area (Å²) in [5, 5.41) is 4.57. The van der Waals surface area contributed by atoms with Gasteiger partial charge in [-0.2, -0.15) is 13.2 Å². The first-order valence-corrected chi connectivity index (χ1v) is 9.70. The van der Waals surface area contributed by atoms with Crippen molar-refractivity contribution in [1.29, 1.82) is 0 Å². The lowest BCUT2D eigenvalue weighted by Gasteiger charge is -2.19. The molecule has 0 radical (unpaired) electrons. The zero-order valence-electron chi connectivity index (χ0n) is 15.7. The van der Waals surface area contributed by atoms with E-state index in [9.17, 15) is 27.6 Å². The number of carbonyl (C=O) groups excluding carboxylic acids is 3. The molecule has 1 aliphatic heterocycles. The lowest BCUT2D eigenvalue weighted by atomic mass is 10.1. The molecule has 6 nitrogen and oxygen atoms in total. The molecule has 1 unspecified atom stereocenters. The van der Waals surface area contributed by atoms with Gasteiger partial charge in [-0.05, 0) is 46.3 Å². The monoisotopic (exact) mass is 483 g/mol. The molecule has 1 fully saturated rings. The van der Waals surface area contributed by atoms with Crippen LogP contribution in [0.15, 0.2) is 46.9 Å². The van der Waals surface area contributed by atoms with Crippen molar-refractivity contribution in [3.05, 3.63) is 52.5 Å². The zero-order chi connectivity index (χ0) is 22.1. The second-order valence-corrected chi connectivity index (χ2v) is 7.64. The Hall–Kier alpha value is -2.88. The van der Waals surface area contributed by atoms with Gasteiger partial charge in [0, 0.05) is 30.0 Å². The van der Waals surface area contributed by atoms with Crippen LogP contribution < -0.4 is 15.5 Å². The number of hydrogen-bond acceptors (Lipinski definition) is 3. The summed E-state index contributed by atoms with van der Waals surface area (Å²) in [6.45, 7) is 1.23. The van der Waals surface area contributed by atoms with Gasteiger partial charge in [-0.3, -0.25) is 14.4 Å². The molecular formula is C20H17BrF3N3O3. The summed E-state index contributed by atoms with van der Waals surface area (Å²) in [4.78, 5) is 37.5. The standard InChI is InChI=1S/C20H17BrF3N3O3/c1-11(28)25-13-6-7-16(14(9-13)20(22,23)24)26-19(30)12-8-18(29)27(10-12)17-5-3-2-4-15(17)21/h2-7,9,12H,8,10H2,1H3,(H,25,28)(H,26,30). The van der Waals surface area contributed by atoms with E-state index in [2.05, 4.69) is 26.6 Å². The Bertz CT molecular complexity index is 1010. The van der Waals surface area contributed by atoms with Crippen molar-refractivity contribution in [3.63, 3.8) is 0 Å². The fourth-order valence-electron chi connectivity index (χ4n) is 3.19. The van der Waals surface area contributed by atoms with E-state index in [1.807, 2.05) is 0 Å². The summed E-state index contributed by atoms with van der Waals surface area (Å²) >= 11 is 3.35. The molecule has 10 heteroatoms. The smallest absolute Gasteiger partial charge is 0.326 e. The number of halogens is 4. The van der Waals surface area contributed by atoms with Crippen molar-refractivity contribution in [2.45, 2.75) is 19.5 Å². The van der Waals surface area contributed by atoms with Gasteiger partial charge < -0.3 is 15.5 Å². The molecule has 1 heterocycles. The predicted octanol–water partition coefficient (Wildman–Crippen LogP) is 4.42. The van der Waals surface area contributed by atoms with Crippen molar-refractivity contribution in [2.75, 3.05) is 22.1 Å². The highest BCUT2D eigenvalue weighted by atomic mass is 79.9. The van der Waals surface area contributed by atoms with Gasteiger partial charge in [0.1, 0.15) is 0 Å². The number of rotatable bonds is 4. The number of nitrogens with one attached hydrogen (secondary N) is 2. The van der Waals surface area contributed by atoms with Crippen molar-refractivity contribution in [2.24, 2.45) is 5.92 Å². The molecule has 1 atom stereocenters. The normalized spacial score (nSPS) is 16.5. The van der Waals surface area contributed by atoms with Gasteiger partial charge in [-0.15, -0.1) is 0 Å². The minimum Gasteiger partial charge on any atom is -0.326 e. The molecule has 2 aromatic rings. The first-order valence-electron chi connectivity index (χ1n) is 8.91. The number of nitrogens with zero attached hydrogens (tertiary/aromatic N) is 1. The van der Waals surface area contributed by atoms with Gasteiger partial charge in [0.2, 0.25) is 17.7 Å². The molecular weight excluding hydrogens is 467 g/mol. The van der Waals surface area contributed by atoms with E-state index in [1.54, 1.807) is 24.3 Å². The molecule has 1 saturated heterocycles. The van der Waals surface area contributed by atoms with Gasteiger partial charge in [0.05, 0.1) is 22.9 Å². The first-order chi connectivity index (χ1) is 14.1. The Labute approximate surface area is 178 Å². The molecule has 0 aliphatic carbocycles. The molecule has 30 heavy (non-hydrogen) atoms. The molecule has 2 aromatic carbocycles. The van der Waals surface area contributed by atoms with Gasteiger partial charge in [-0.25, -0.2) is 0 Å². The number of alkyl halides is 3. The van der Waals surface area contributed by atoms with E-state index in [-0.39, 0.29) is 24.6 Å². The predicted molar refractivity (Wildman–Crippen MR) is 109 cm³/mol. The lowest BCUT2D eigenvalue weighted by molar-refractivity contribution is -0.137. The van der Waals surface area contributed by atoms with E-state index in [1.165, 1.54) is 17.9 Å². The van der Waals surface area contributed by atoms with Gasteiger partial charge in [0.15, 0.2) is 0 Å². The van der Waals surface area contributed by atoms with Crippen LogP contribution in [-0.4, -0.2) is 24.3 Å². The quantitative estimate of drug-likeness (QED) is 0.675. The summed E-state index contributed by atoms with van der Waals surface area (Å²) in [6.07, 6.45) is -4.86. The molecule has 3 amide bonds. The minimum atomic E-state index is -4.75. The van der Waals surface area contributed by atoms with Crippen LogP contribution in [0.25, 0.3) is 0 Å². The summed E-state index contributed by atoms with van der Waals surface area (Å²) in [6, 6.07) is 10.1. The molecule has 0 aromatic heterocycles. The van der Waals surface area contributed by atoms with Gasteiger partial charge in [0.25, 0.3) is 0 Å². The van der Waals surface area contributed by atoms with E-state index < -0.39 is 35.2 Å². The third-order valence-electron chi connectivity index (χ3n) is 4.54. The van der Waals surface area contributed by atoms with Crippen molar-refractivity contribution in [3.8, 4) is 0 Å². The number of benzene rings is 2. The summed E-state index contributed by atoms with van der Waals surface area (Å²) in [5.74, 6) is -2.30. The number of hydrogen-bond donors (Lipinski definition) is 2. The second-order valence-electron chi connectivity index (χ2n) is 6.79. The summed E-state index contributed by atoms with van der Waals surface area (Å²) in [7, 11) is 0. The van der Waals surface area contributed by atoms with Crippen LogP contribution in [0.5, 0.6) is 0 Å². The minimum absolute atomic E-state index is 0.0380. The Morgan fingerprint density at radius 1 is 1.13 bits per heavy atom. The maximum Gasteiger partial charge on any atom is 0.418 e. The largest absolute Gasteiger partial charge is 0.418 e. The van der Waals surface area contributed by atoms with Crippen LogP contribution in [0.2, 0.25) is 0 Å². The van der Waals surface area contributed by atoms with Gasteiger partial charge in [-0.1, -0.05) is 12.1 Å². The zero-order valence-corrected chi connectivity index (χ0v) is 17.3. The first kappa shape index (κ1) is 21.8. The van der Waals surface area contributed by atoms with Crippen LogP contribution >= 0.6 is 15.9 Å². The topological polar surface area (TPSA) is 78.5 Å². The van der Waals surface area contributed by atoms with Crippen LogP contribution in [0.3, 0.4) is 0 Å². The third kappa shape index (κ3) is 4.81. The summed E-state index contributed by atoms with van der Waals surface area (Å²) in [5.41, 5.74) is -0.972. The Balaban J connectivity index is 1.80. The maximum absolute atomic E-state index is 13.5. The highest BCUT2D eigenvalue weighted by Gasteiger charge is 2.38. The van der Waals surface area contributed by atoms with E-state index >= 15 is 0 Å². The van der Waals surface area contributed by atoms with Crippen molar-refractivity contribution in [1.82, 2.24) is 0 Å². The van der Waals surface area contributed by atoms with Crippen LogP contribution in [0.4, 0.5) is 30.2 Å². The van der Waals surface area contributed by atoms with Crippen LogP contribution in [-0.2, 0) is 20.6 Å². The SMILES string of the molecule is CC(=O)Nc1ccc(NC(=O)C2CC(=O)N(c3ccccc3Br)C2)c(C(F)(F)F)c1. The highest BCUT2D eigenvalue weighted by Crippen LogP contribution is 2.37. The van der Waals surface area contributed by atoms with E-state index in [4.69, 9.17) is 0 Å². The molecule has 158 valence electrons. The molecule has 0 bridgehead atoms. The number of amides is 3. The van der Waals surface area contributed by atoms with E-state index in [0.717, 1.165) is 12.1 Å². The molecule has 0 spiro atoms. The van der Waals surface area contributed by atoms with Crippen molar-refractivity contribution < 1.29 is 27.6 Å². The molecule has 0 saturated carbocycles. The number of carbonyl (C=O) groups is 3. The number of para-hydroxylation sites is 1. The van der Waals surface area contributed by atoms with Gasteiger partial charge >= 0.3 is 6.18 Å². The highest BCUT2D eigenvalue weighted by molar-refractivity contribution is 9.10. The van der Waals surface area contributed by atoms with Crippen LogP contribution in [0.1, 0.15) is 18.9 Å². The third-order valence-corrected chi connectivity index (χ3v) is 5.21. The van der Waals surface area contributed by atoms with Crippen LogP contribution in [0, 0.1) is 5.92 Å². The average molecular weight is 484 g/mol. The fraction of sp³-hybridized carbons (Fsp3) is 0.250. The molecule has 2 N–H and O–H groups in total. The Morgan fingerprint density at radius 3 is 2.47 bits per heavy atom. The molecule has 3 rings (SSSR count). The Morgan fingerprint density at radius 2 is 1.83 bits per heavy atom. The lowest BCUT2D eigenvalue weighted by Crippen LogP contribution is -2.29. The summed E-state index contributed by atoms with van der Waals surface area (Å²) < 4.78 is 41.0. The molecule has 1 aliphatic rings. The van der Waals surface area contributed by atoms with E-state index in [0.29, 0.717) is 10.2 Å². The second kappa shape index (κ2) is 8.47. The average Bonchev–Trinajstić information content (AvgIpc) is 3.04. The van der Waals surface area contributed by atoms with Crippen molar-refractivity contribution >= 4 is 50.7 Å². The maximum atomic E-state index is 13.5. The fourth-order valence-corrected chi connectivity index (χ4v) is 3.69. The Kier molecular flexibility index (Phi) is 6.16.